The van der Waals surface area contributed by atoms with E-state index >= 15 is 0 Å². The van der Waals surface area contributed by atoms with Gasteiger partial charge in [0.05, 0.1) is 5.56 Å². The Hall–Kier alpha value is -2.43. The fourth-order valence-electron chi connectivity index (χ4n) is 1.97. The number of carbonyl (C=O) groups excluding carboxylic acids is 1. The van der Waals surface area contributed by atoms with E-state index in [9.17, 15) is 9.18 Å². The van der Waals surface area contributed by atoms with Crippen LogP contribution in [0.5, 0.6) is 0 Å². The van der Waals surface area contributed by atoms with Gasteiger partial charge in [0.25, 0.3) is 5.91 Å². The quantitative estimate of drug-likeness (QED) is 0.888. The first-order valence-electron chi connectivity index (χ1n) is 6.96. The second-order valence-electron chi connectivity index (χ2n) is 5.16. The number of amides is 1. The molecule has 0 atom stereocenters. The summed E-state index contributed by atoms with van der Waals surface area (Å²) >= 11 is 0. The van der Waals surface area contributed by atoms with Crippen LogP contribution >= 0.6 is 0 Å². The minimum absolute atomic E-state index is 0.0818. The van der Waals surface area contributed by atoms with E-state index < -0.39 is 0 Å². The predicted molar refractivity (Wildman–Crippen MR) is 78.5 cm³/mol. The molecule has 1 amide bonds. The molecule has 0 spiro atoms. The first-order valence-corrected chi connectivity index (χ1v) is 6.96. The van der Waals surface area contributed by atoms with Crippen LogP contribution in [0.3, 0.4) is 0 Å². The van der Waals surface area contributed by atoms with Gasteiger partial charge in [-0.2, -0.15) is 0 Å². The zero-order valence-electron chi connectivity index (χ0n) is 11.5. The third kappa shape index (κ3) is 3.78. The number of rotatable bonds is 5. The van der Waals surface area contributed by atoms with E-state index in [-0.39, 0.29) is 11.7 Å². The number of aromatic nitrogens is 1. The molecule has 0 bridgehead atoms. The highest BCUT2D eigenvalue weighted by molar-refractivity contribution is 5.94. The summed E-state index contributed by atoms with van der Waals surface area (Å²) in [6, 6.07) is 10.2. The largest absolute Gasteiger partial charge is 0.366 e. The number of nitrogens with zero attached hydrogens (tertiary/aromatic N) is 1. The Morgan fingerprint density at radius 1 is 1.29 bits per heavy atom. The standard InChI is InChI=1S/C16H16FN3O/c17-13-3-1-2-11(8-13)9-18-15-7-4-12(10-19-15)16(21)20-14-5-6-14/h1-4,7-8,10,14H,5-6,9H2,(H,18,19)(H,20,21). The molecule has 1 heterocycles. The van der Waals surface area contributed by atoms with Crippen LogP contribution in [0.1, 0.15) is 28.8 Å². The molecule has 1 aliphatic carbocycles. The first-order chi connectivity index (χ1) is 10.2. The van der Waals surface area contributed by atoms with Gasteiger partial charge in [-0.15, -0.1) is 0 Å². The van der Waals surface area contributed by atoms with Crippen molar-refractivity contribution in [3.8, 4) is 0 Å². The third-order valence-corrected chi connectivity index (χ3v) is 3.30. The van der Waals surface area contributed by atoms with Gasteiger partial charge in [0, 0.05) is 18.8 Å². The van der Waals surface area contributed by atoms with Crippen LogP contribution < -0.4 is 10.6 Å². The summed E-state index contributed by atoms with van der Waals surface area (Å²) in [6.07, 6.45) is 3.67. The zero-order chi connectivity index (χ0) is 14.7. The molecule has 0 saturated heterocycles. The monoisotopic (exact) mass is 285 g/mol. The molecule has 4 nitrogen and oxygen atoms in total. The second kappa shape index (κ2) is 5.91. The molecule has 2 aromatic rings. The molecule has 5 heteroatoms. The molecule has 0 radical (unpaired) electrons. The molecule has 2 N–H and O–H groups in total. The lowest BCUT2D eigenvalue weighted by molar-refractivity contribution is 0.0951. The van der Waals surface area contributed by atoms with E-state index in [0.29, 0.717) is 24.0 Å². The number of hydrogen-bond acceptors (Lipinski definition) is 3. The van der Waals surface area contributed by atoms with Crippen molar-refractivity contribution < 1.29 is 9.18 Å². The molecule has 108 valence electrons. The van der Waals surface area contributed by atoms with Crippen molar-refractivity contribution >= 4 is 11.7 Å². The van der Waals surface area contributed by atoms with Gasteiger partial charge >= 0.3 is 0 Å². The molecule has 21 heavy (non-hydrogen) atoms. The zero-order valence-corrected chi connectivity index (χ0v) is 11.5. The van der Waals surface area contributed by atoms with Gasteiger partial charge < -0.3 is 10.6 Å². The maximum absolute atomic E-state index is 13.1. The Morgan fingerprint density at radius 2 is 2.14 bits per heavy atom. The first kappa shape index (κ1) is 13.5. The van der Waals surface area contributed by atoms with Crippen LogP contribution in [0.25, 0.3) is 0 Å². The summed E-state index contributed by atoms with van der Waals surface area (Å²) in [6.45, 7) is 0.485. The number of benzene rings is 1. The van der Waals surface area contributed by atoms with Gasteiger partial charge in [0.15, 0.2) is 0 Å². The Bertz CT molecular complexity index is 638. The van der Waals surface area contributed by atoms with Crippen LogP contribution in [0.2, 0.25) is 0 Å². The van der Waals surface area contributed by atoms with Crippen LogP contribution in [-0.4, -0.2) is 16.9 Å². The number of hydrogen-bond donors (Lipinski definition) is 2. The fraction of sp³-hybridized carbons (Fsp3) is 0.250. The molecular formula is C16H16FN3O. The molecule has 1 aromatic carbocycles. The van der Waals surface area contributed by atoms with Gasteiger partial charge in [-0.25, -0.2) is 9.37 Å². The van der Waals surface area contributed by atoms with Crippen molar-refractivity contribution in [2.75, 3.05) is 5.32 Å². The normalized spacial score (nSPS) is 13.8. The van der Waals surface area contributed by atoms with Crippen molar-refractivity contribution in [2.24, 2.45) is 0 Å². The van der Waals surface area contributed by atoms with Crippen LogP contribution in [0.15, 0.2) is 42.6 Å². The lowest BCUT2D eigenvalue weighted by Crippen LogP contribution is -2.25. The van der Waals surface area contributed by atoms with Gasteiger partial charge in [-0.3, -0.25) is 4.79 Å². The highest BCUT2D eigenvalue weighted by atomic mass is 19.1. The molecule has 0 aliphatic heterocycles. The molecule has 3 rings (SSSR count). The lowest BCUT2D eigenvalue weighted by Gasteiger charge is -2.07. The van der Waals surface area contributed by atoms with Gasteiger partial charge in [0.2, 0.25) is 0 Å². The number of pyridine rings is 1. The molecule has 1 saturated carbocycles. The smallest absolute Gasteiger partial charge is 0.253 e. The van der Waals surface area contributed by atoms with Crippen LogP contribution in [0.4, 0.5) is 10.2 Å². The van der Waals surface area contributed by atoms with E-state index in [1.165, 1.54) is 12.1 Å². The maximum atomic E-state index is 13.1. The summed E-state index contributed by atoms with van der Waals surface area (Å²) in [4.78, 5) is 16.0. The minimum Gasteiger partial charge on any atom is -0.366 e. The van der Waals surface area contributed by atoms with Crippen LogP contribution in [-0.2, 0) is 6.54 Å². The Kier molecular flexibility index (Phi) is 3.81. The average molecular weight is 285 g/mol. The van der Waals surface area contributed by atoms with Gasteiger partial charge in [0.1, 0.15) is 11.6 Å². The molecule has 1 aromatic heterocycles. The van der Waals surface area contributed by atoms with Crippen molar-refractivity contribution in [3.63, 3.8) is 0 Å². The number of halogens is 1. The topological polar surface area (TPSA) is 54.0 Å². The lowest BCUT2D eigenvalue weighted by atomic mass is 10.2. The summed E-state index contributed by atoms with van der Waals surface area (Å²) in [5.41, 5.74) is 1.39. The van der Waals surface area contributed by atoms with Crippen LogP contribution in [0, 0.1) is 5.82 Å². The fourth-order valence-corrected chi connectivity index (χ4v) is 1.97. The molecular weight excluding hydrogens is 269 g/mol. The molecule has 1 aliphatic rings. The number of carbonyl (C=O) groups is 1. The van der Waals surface area contributed by atoms with Gasteiger partial charge in [-0.05, 0) is 42.7 Å². The highest BCUT2D eigenvalue weighted by Crippen LogP contribution is 2.19. The van der Waals surface area contributed by atoms with E-state index in [4.69, 9.17) is 0 Å². The summed E-state index contributed by atoms with van der Waals surface area (Å²) < 4.78 is 13.1. The summed E-state index contributed by atoms with van der Waals surface area (Å²) in [5, 5.41) is 6.01. The Balaban J connectivity index is 1.57. The number of anilines is 1. The SMILES string of the molecule is O=C(NC1CC1)c1ccc(NCc2cccc(F)c2)nc1. The van der Waals surface area contributed by atoms with E-state index in [1.807, 2.05) is 6.07 Å². The van der Waals surface area contributed by atoms with Crippen molar-refractivity contribution in [1.29, 1.82) is 0 Å². The van der Waals surface area contributed by atoms with Crippen molar-refractivity contribution in [2.45, 2.75) is 25.4 Å². The highest BCUT2D eigenvalue weighted by Gasteiger charge is 2.23. The van der Waals surface area contributed by atoms with Crippen molar-refractivity contribution in [1.82, 2.24) is 10.3 Å². The molecule has 0 unspecified atom stereocenters. The van der Waals surface area contributed by atoms with Crippen molar-refractivity contribution in [3.05, 3.63) is 59.5 Å². The van der Waals surface area contributed by atoms with Gasteiger partial charge in [-0.1, -0.05) is 12.1 Å². The van der Waals surface area contributed by atoms with E-state index in [2.05, 4.69) is 15.6 Å². The number of nitrogens with one attached hydrogen (secondary N) is 2. The predicted octanol–water partition coefficient (Wildman–Crippen LogP) is 2.73. The third-order valence-electron chi connectivity index (χ3n) is 3.30. The Morgan fingerprint density at radius 3 is 2.81 bits per heavy atom. The van der Waals surface area contributed by atoms with E-state index in [0.717, 1.165) is 18.4 Å². The van der Waals surface area contributed by atoms with E-state index in [1.54, 1.807) is 24.4 Å². The summed E-state index contributed by atoms with van der Waals surface area (Å²) in [5.74, 6) is 0.318. The maximum Gasteiger partial charge on any atom is 0.253 e. The molecule has 1 fully saturated rings. The average Bonchev–Trinajstić information content (AvgIpc) is 3.30. The minimum atomic E-state index is -0.255. The summed E-state index contributed by atoms with van der Waals surface area (Å²) in [7, 11) is 0. The second-order valence-corrected chi connectivity index (χ2v) is 5.16. The Labute approximate surface area is 122 Å².